The number of esters is 1. The molecule has 0 unspecified atom stereocenters. The van der Waals surface area contributed by atoms with Gasteiger partial charge in [-0.05, 0) is 59.7 Å². The third kappa shape index (κ3) is 6.67. The molecule has 0 radical (unpaired) electrons. The number of halogens is 1. The van der Waals surface area contributed by atoms with Crippen molar-refractivity contribution in [3.8, 4) is 0 Å². The Labute approximate surface area is 247 Å². The summed E-state index contributed by atoms with van der Waals surface area (Å²) in [6, 6.07) is 32.8. The van der Waals surface area contributed by atoms with Gasteiger partial charge in [0, 0.05) is 17.1 Å². The van der Waals surface area contributed by atoms with Gasteiger partial charge in [0.2, 0.25) is 11.8 Å². The minimum atomic E-state index is -0.700. The van der Waals surface area contributed by atoms with Crippen LogP contribution in [0.5, 0.6) is 0 Å². The number of methoxy groups -OCH3 is 1. The lowest BCUT2D eigenvalue weighted by Crippen LogP contribution is -2.31. The highest BCUT2D eigenvalue weighted by Gasteiger charge is 2.41. The molecule has 2 amide bonds. The van der Waals surface area contributed by atoms with Gasteiger partial charge < -0.3 is 10.1 Å². The fraction of sp³-hybridized carbons (Fsp3) is 0.125. The number of carbonyl (C=O) groups excluding carboxylic acids is 3. The number of anilines is 2. The van der Waals surface area contributed by atoms with Crippen molar-refractivity contribution >= 4 is 57.7 Å². The summed E-state index contributed by atoms with van der Waals surface area (Å²) in [6.07, 6.45) is 0.00487. The minimum Gasteiger partial charge on any atom is -0.465 e. The smallest absolute Gasteiger partial charge is 0.337 e. The molecule has 0 spiro atoms. The Morgan fingerprint density at radius 3 is 2.05 bits per heavy atom. The van der Waals surface area contributed by atoms with Gasteiger partial charge in [-0.3, -0.25) is 9.59 Å². The zero-order valence-corrected chi connectivity index (χ0v) is 23.6. The number of carbonyl (C=O) groups is 3. The lowest BCUT2D eigenvalue weighted by atomic mass is 9.99. The van der Waals surface area contributed by atoms with E-state index in [1.54, 1.807) is 24.3 Å². The van der Waals surface area contributed by atoms with E-state index in [4.69, 9.17) is 21.3 Å². The van der Waals surface area contributed by atoms with E-state index in [2.05, 4.69) is 5.32 Å². The van der Waals surface area contributed by atoms with Crippen molar-refractivity contribution in [3.05, 3.63) is 131 Å². The van der Waals surface area contributed by atoms with E-state index in [1.807, 2.05) is 72.8 Å². The first-order valence-electron chi connectivity index (χ1n) is 12.8. The summed E-state index contributed by atoms with van der Waals surface area (Å²) in [5.41, 5.74) is 3.43. The molecule has 1 N–H and O–H groups in total. The molecule has 4 aromatic rings. The predicted octanol–water partition coefficient (Wildman–Crippen LogP) is 6.75. The first kappa shape index (κ1) is 28.1. The molecular weight excluding hydrogens is 558 g/mol. The largest absolute Gasteiger partial charge is 0.465 e. The molecule has 7 nitrogen and oxygen atoms in total. The van der Waals surface area contributed by atoms with Crippen LogP contribution in [0.4, 0.5) is 11.4 Å². The maximum absolute atomic E-state index is 13.5. The Balaban J connectivity index is 1.47. The van der Waals surface area contributed by atoms with E-state index in [-0.39, 0.29) is 24.3 Å². The van der Waals surface area contributed by atoms with E-state index >= 15 is 0 Å². The molecule has 0 bridgehead atoms. The van der Waals surface area contributed by atoms with E-state index in [0.29, 0.717) is 21.4 Å². The minimum absolute atomic E-state index is 0.00487. The summed E-state index contributed by atoms with van der Waals surface area (Å²) in [6.45, 7) is 0. The molecule has 206 valence electrons. The highest BCUT2D eigenvalue weighted by Crippen LogP contribution is 2.34. The van der Waals surface area contributed by atoms with Crippen molar-refractivity contribution in [2.45, 2.75) is 17.7 Å². The number of hydrogen-bond donors (Lipinski definition) is 1. The number of amides is 2. The Hall–Kier alpha value is -4.40. The molecule has 0 saturated carbocycles. The van der Waals surface area contributed by atoms with E-state index in [0.717, 1.165) is 21.7 Å². The number of thioether (sulfide) groups is 1. The van der Waals surface area contributed by atoms with Crippen LogP contribution in [0.3, 0.4) is 0 Å². The molecule has 1 saturated heterocycles. The Morgan fingerprint density at radius 1 is 0.902 bits per heavy atom. The number of nitrogens with one attached hydrogen (secondary N) is 1. The molecular formula is C32H26ClN3O4S. The monoisotopic (exact) mass is 583 g/mol. The van der Waals surface area contributed by atoms with Gasteiger partial charge in [0.25, 0.3) is 0 Å². The number of nitrogens with zero attached hydrogens (tertiary/aromatic N) is 2. The van der Waals surface area contributed by atoms with Gasteiger partial charge in [0.15, 0.2) is 5.17 Å². The van der Waals surface area contributed by atoms with Crippen molar-refractivity contribution in [2.75, 3.05) is 17.3 Å². The van der Waals surface area contributed by atoms with Crippen molar-refractivity contribution in [3.63, 3.8) is 0 Å². The van der Waals surface area contributed by atoms with Crippen molar-refractivity contribution in [1.82, 2.24) is 0 Å². The topological polar surface area (TPSA) is 88.1 Å². The zero-order valence-electron chi connectivity index (χ0n) is 22.1. The van der Waals surface area contributed by atoms with Crippen molar-refractivity contribution < 1.29 is 19.1 Å². The summed E-state index contributed by atoms with van der Waals surface area (Å²) in [5.74, 6) is -1.18. The van der Waals surface area contributed by atoms with E-state index in [1.165, 1.54) is 31.0 Å². The molecule has 1 fully saturated rings. The molecule has 1 aliphatic heterocycles. The number of aliphatic imine (C=N–C) groups is 1. The number of ether oxygens (including phenoxy) is 1. The molecule has 9 heteroatoms. The number of rotatable bonds is 7. The van der Waals surface area contributed by atoms with Gasteiger partial charge in [-0.25, -0.2) is 14.7 Å². The van der Waals surface area contributed by atoms with Crippen LogP contribution in [0.1, 0.15) is 33.9 Å². The maximum Gasteiger partial charge on any atom is 0.337 e. The molecule has 0 aromatic heterocycles. The highest BCUT2D eigenvalue weighted by atomic mass is 35.5. The Morgan fingerprint density at radius 2 is 1.49 bits per heavy atom. The first-order chi connectivity index (χ1) is 19.9. The lowest BCUT2D eigenvalue weighted by Gasteiger charge is -2.19. The van der Waals surface area contributed by atoms with Gasteiger partial charge in [-0.2, -0.15) is 0 Å². The summed E-state index contributed by atoms with van der Waals surface area (Å²) < 4.78 is 4.74. The fourth-order valence-electron chi connectivity index (χ4n) is 4.44. The number of imide groups is 1. The van der Waals surface area contributed by atoms with Gasteiger partial charge >= 0.3 is 5.97 Å². The van der Waals surface area contributed by atoms with Crippen molar-refractivity contribution in [1.29, 1.82) is 0 Å². The van der Waals surface area contributed by atoms with Crippen LogP contribution in [0.25, 0.3) is 0 Å². The van der Waals surface area contributed by atoms with Gasteiger partial charge in [0.1, 0.15) is 11.3 Å². The molecule has 4 aromatic carbocycles. The number of hydrogen-bond acceptors (Lipinski definition) is 6. The molecule has 1 heterocycles. The Bertz CT molecular complexity index is 1520. The van der Waals surface area contributed by atoms with Crippen LogP contribution in [0, 0.1) is 0 Å². The highest BCUT2D eigenvalue weighted by molar-refractivity contribution is 8.15. The van der Waals surface area contributed by atoms with Crippen LogP contribution in [0.15, 0.2) is 114 Å². The molecule has 5 rings (SSSR count). The van der Waals surface area contributed by atoms with E-state index < -0.39 is 11.2 Å². The standard InChI is InChI=1S/C32H26ClN3O4S/c1-40-31(39)23-12-18-26(19-13-23)36-28(37)20-27(30(36)38)41-32(34-25-16-14-24(33)15-17-25)35-29(21-8-4-2-5-9-21)22-10-6-3-7-11-22/h2-19,27,29H,20H2,1H3,(H,34,35)/t27-/m1/s1. The zero-order chi connectivity index (χ0) is 28.8. The number of benzene rings is 4. The van der Waals surface area contributed by atoms with Crippen LogP contribution in [0.2, 0.25) is 5.02 Å². The quantitative estimate of drug-likeness (QED) is 0.112. The summed E-state index contributed by atoms with van der Waals surface area (Å²) in [4.78, 5) is 44.6. The number of amidine groups is 1. The second kappa shape index (κ2) is 12.8. The van der Waals surface area contributed by atoms with Gasteiger partial charge in [-0.15, -0.1) is 0 Å². The van der Waals surface area contributed by atoms with Crippen LogP contribution in [-0.2, 0) is 14.3 Å². The summed E-state index contributed by atoms with van der Waals surface area (Å²) >= 11 is 7.31. The third-order valence-corrected chi connectivity index (χ3v) is 7.81. The normalized spacial score (nSPS) is 15.3. The average Bonchev–Trinajstić information content (AvgIpc) is 3.29. The first-order valence-corrected chi connectivity index (χ1v) is 14.1. The van der Waals surface area contributed by atoms with Gasteiger partial charge in [-0.1, -0.05) is 84.0 Å². The van der Waals surface area contributed by atoms with Gasteiger partial charge in [0.05, 0.1) is 18.4 Å². The van der Waals surface area contributed by atoms with E-state index in [9.17, 15) is 14.4 Å². The molecule has 41 heavy (non-hydrogen) atoms. The SMILES string of the molecule is COC(=O)c1ccc(N2C(=O)C[C@@H](SC(=NC(c3ccccc3)c3ccccc3)Nc3ccc(Cl)cc3)C2=O)cc1. The summed E-state index contributed by atoms with van der Waals surface area (Å²) in [5, 5.41) is 3.72. The lowest BCUT2D eigenvalue weighted by molar-refractivity contribution is -0.121. The van der Waals surface area contributed by atoms with Crippen LogP contribution < -0.4 is 10.2 Å². The van der Waals surface area contributed by atoms with Crippen LogP contribution in [-0.4, -0.2) is 35.3 Å². The second-order valence-electron chi connectivity index (χ2n) is 9.21. The van der Waals surface area contributed by atoms with Crippen molar-refractivity contribution in [2.24, 2.45) is 4.99 Å². The third-order valence-electron chi connectivity index (χ3n) is 6.48. The second-order valence-corrected chi connectivity index (χ2v) is 10.8. The molecule has 0 aliphatic carbocycles. The fourth-order valence-corrected chi connectivity index (χ4v) is 5.62. The molecule has 1 atom stereocenters. The predicted molar refractivity (Wildman–Crippen MR) is 164 cm³/mol. The summed E-state index contributed by atoms with van der Waals surface area (Å²) in [7, 11) is 1.29. The average molecular weight is 584 g/mol. The van der Waals surface area contributed by atoms with Crippen LogP contribution >= 0.6 is 23.4 Å². The molecule has 1 aliphatic rings. The maximum atomic E-state index is 13.5. The Kier molecular flexibility index (Phi) is 8.82.